The zero-order valence-corrected chi connectivity index (χ0v) is 74.0. The van der Waals surface area contributed by atoms with E-state index < -0.39 is 0 Å². The van der Waals surface area contributed by atoms with Gasteiger partial charge in [0.15, 0.2) is 0 Å². The quantitative estimate of drug-likeness (QED) is 0.156. The van der Waals surface area contributed by atoms with Crippen LogP contribution in [0.15, 0.2) is 164 Å². The summed E-state index contributed by atoms with van der Waals surface area (Å²) < 4.78 is 64.3. The van der Waals surface area contributed by atoms with E-state index in [-0.39, 0.29) is 32.5 Å². The molecule has 0 saturated carbocycles. The largest absolute Gasteiger partial charge is 0.496 e. The van der Waals surface area contributed by atoms with Crippen LogP contribution in [0.3, 0.4) is 0 Å². The van der Waals surface area contributed by atoms with E-state index in [1.807, 2.05) is 39.5 Å². The molecule has 0 unspecified atom stereocenters. The standard InChI is InChI=1S/C105H129N3O9/c1-100(2,3)85-49-73-43-79-55-88(103(10,11)12)57-81-45-75-51-86(101(4,5)6)53-77(95(75)110-20)47-83-59-90(105(16,17)18)60-84-48-78-54-87(102(7,8)9)52-76(96(78)111-21)46-82-58-89(104(13,14)15)56-80(44-74(50-85)94(73)109-19)98(82)113-38-35-107-62-71-29-23-26-32-92(71)116-65-68-40-67(64-115-91-31-25-22-28-70(91)61-106-34-37-112-97(79)81)41-69(42-68)66-117-93-33-27-24-30-72(93)63-108-36-39-114-99(83)84/h22-33,40-42,49-60,106-108H,34-39,43-48,61-66H2,1-21H3. The Morgan fingerprint density at radius 3 is 0.632 bits per heavy atom. The zero-order chi connectivity index (χ0) is 83.4. The molecule has 3 N–H and O–H groups in total. The summed E-state index contributed by atoms with van der Waals surface area (Å²) in [6.07, 6.45) is 3.13. The minimum Gasteiger partial charge on any atom is -0.496 e. The number of methoxy groups -OCH3 is 3. The fourth-order valence-electron chi connectivity index (χ4n) is 16.6. The second-order valence-corrected chi connectivity index (χ2v) is 38.8. The lowest BCUT2D eigenvalue weighted by Crippen LogP contribution is -2.22. The lowest BCUT2D eigenvalue weighted by Gasteiger charge is -2.29. The summed E-state index contributed by atoms with van der Waals surface area (Å²) in [7, 11) is 5.54. The van der Waals surface area contributed by atoms with Crippen molar-refractivity contribution in [3.63, 3.8) is 0 Å². The molecule has 0 saturated heterocycles. The number of hydrogen-bond donors (Lipinski definition) is 3. The van der Waals surface area contributed by atoms with Crippen molar-refractivity contribution in [1.29, 1.82) is 0 Å². The van der Waals surface area contributed by atoms with Crippen molar-refractivity contribution >= 4 is 0 Å². The third-order valence-corrected chi connectivity index (χ3v) is 23.3. The molecule has 0 radical (unpaired) electrons. The summed E-state index contributed by atoms with van der Waals surface area (Å²) in [5.74, 6) is 7.51. The van der Waals surface area contributed by atoms with Gasteiger partial charge in [-0.25, -0.2) is 0 Å². The van der Waals surface area contributed by atoms with Gasteiger partial charge in [0.1, 0.15) is 91.4 Å². The Hall–Kier alpha value is -9.72. The lowest BCUT2D eigenvalue weighted by atomic mass is 9.79. The van der Waals surface area contributed by atoms with Crippen molar-refractivity contribution in [3.05, 3.63) is 297 Å². The van der Waals surface area contributed by atoms with Gasteiger partial charge in [-0.15, -0.1) is 0 Å². The number of benzene rings is 10. The molecule has 0 spiro atoms. The number of ether oxygens (including phenoxy) is 9. The molecule has 10 aromatic carbocycles. The smallest absolute Gasteiger partial charge is 0.126 e. The van der Waals surface area contributed by atoms with E-state index in [4.69, 9.17) is 42.6 Å². The normalized spacial score (nSPS) is 15.3. The fraction of sp³-hybridized carbons (Fsp3) is 0.429. The van der Waals surface area contributed by atoms with Crippen molar-refractivity contribution in [2.24, 2.45) is 0 Å². The maximum atomic E-state index is 7.57. The highest BCUT2D eigenvalue weighted by atomic mass is 16.5. The maximum Gasteiger partial charge on any atom is 0.126 e. The second kappa shape index (κ2) is 35.5. The molecule has 3 aliphatic heterocycles. The summed E-state index contributed by atoms with van der Waals surface area (Å²) in [6.45, 7) is 47.2. The molecule has 0 atom stereocenters. The van der Waals surface area contributed by atoms with E-state index in [1.165, 1.54) is 33.4 Å². The van der Waals surface area contributed by atoms with Crippen LogP contribution in [0.5, 0.6) is 51.7 Å². The number of rotatable bonds is 3. The van der Waals surface area contributed by atoms with E-state index in [1.54, 1.807) is 0 Å². The number of nitrogens with one attached hydrogen (secondary N) is 3. The Bertz CT molecular complexity index is 4530. The molecule has 0 aromatic heterocycles. The van der Waals surface area contributed by atoms with Crippen LogP contribution in [0.2, 0.25) is 0 Å². The van der Waals surface area contributed by atoms with Gasteiger partial charge in [0, 0.05) is 94.5 Å². The first-order valence-electron chi connectivity index (χ1n) is 42.4. The van der Waals surface area contributed by atoms with Gasteiger partial charge in [0.25, 0.3) is 0 Å². The summed E-state index contributed by atoms with van der Waals surface area (Å²) >= 11 is 0. The second-order valence-electron chi connectivity index (χ2n) is 38.8. The Balaban J connectivity index is 1.11. The van der Waals surface area contributed by atoms with Crippen LogP contribution < -0.4 is 58.6 Å². The van der Waals surface area contributed by atoms with Gasteiger partial charge < -0.3 is 58.6 Å². The van der Waals surface area contributed by atoms with E-state index in [0.29, 0.717) is 117 Å². The molecular weight excluding hydrogens is 1450 g/mol. The molecule has 4 aliphatic rings. The van der Waals surface area contributed by atoms with Crippen molar-refractivity contribution in [3.8, 4) is 51.7 Å². The predicted molar refractivity (Wildman–Crippen MR) is 478 cm³/mol. The predicted octanol–water partition coefficient (Wildman–Crippen LogP) is 22.2. The first-order chi connectivity index (χ1) is 55.6. The van der Waals surface area contributed by atoms with Gasteiger partial charge in [-0.1, -0.05) is 252 Å². The Labute approximate surface area is 699 Å². The van der Waals surface area contributed by atoms with Crippen LogP contribution in [0.4, 0.5) is 0 Å². The van der Waals surface area contributed by atoms with Gasteiger partial charge in [-0.05, 0) is 186 Å². The topological polar surface area (TPSA) is 119 Å². The molecule has 12 nitrogen and oxygen atoms in total. The van der Waals surface area contributed by atoms with Gasteiger partial charge in [-0.2, -0.15) is 0 Å². The Morgan fingerprint density at radius 2 is 0.436 bits per heavy atom. The van der Waals surface area contributed by atoms with Crippen LogP contribution in [0, 0.1) is 0 Å². The van der Waals surface area contributed by atoms with Gasteiger partial charge in [0.05, 0.1) is 21.3 Å². The lowest BCUT2D eigenvalue weighted by molar-refractivity contribution is 0.287. The molecule has 117 heavy (non-hydrogen) atoms. The maximum absolute atomic E-state index is 7.57. The third kappa shape index (κ3) is 20.7. The molecule has 618 valence electrons. The highest BCUT2D eigenvalue weighted by molar-refractivity contribution is 5.62. The Kier molecular flexibility index (Phi) is 25.8. The average molecular weight is 1580 g/mol. The van der Waals surface area contributed by atoms with Crippen LogP contribution in [-0.2, 0) is 110 Å². The van der Waals surface area contributed by atoms with Crippen molar-refractivity contribution < 1.29 is 42.6 Å². The highest BCUT2D eigenvalue weighted by Gasteiger charge is 2.32. The van der Waals surface area contributed by atoms with E-state index >= 15 is 0 Å². The zero-order valence-electron chi connectivity index (χ0n) is 74.0. The van der Waals surface area contributed by atoms with Crippen molar-refractivity contribution in [2.75, 3.05) is 60.8 Å². The molecule has 0 fully saturated rings. The Morgan fingerprint density at radius 1 is 0.239 bits per heavy atom. The van der Waals surface area contributed by atoms with Gasteiger partial charge in [-0.3, -0.25) is 0 Å². The van der Waals surface area contributed by atoms with Gasteiger partial charge in [0.2, 0.25) is 0 Å². The van der Waals surface area contributed by atoms with Crippen LogP contribution in [-0.4, -0.2) is 60.8 Å². The minimum absolute atomic E-state index is 0.254. The first kappa shape index (κ1) is 85.2. The van der Waals surface area contributed by atoms with E-state index in [2.05, 4.69) is 286 Å². The molecule has 3 heterocycles. The number of hydrogen-bond acceptors (Lipinski definition) is 12. The van der Waals surface area contributed by atoms with Crippen LogP contribution in [0.1, 0.15) is 258 Å². The molecular formula is C105H129N3O9. The molecule has 0 amide bonds. The molecule has 12 heteroatoms. The van der Waals surface area contributed by atoms with Crippen molar-refractivity contribution in [1.82, 2.24) is 16.0 Å². The van der Waals surface area contributed by atoms with E-state index in [0.717, 1.165) is 152 Å². The average Bonchev–Trinajstić information content (AvgIpc) is 0.758. The summed E-state index contributed by atoms with van der Waals surface area (Å²) in [5, 5.41) is 11.5. The number of para-hydroxylation sites is 3. The fourth-order valence-corrected chi connectivity index (χ4v) is 16.6. The minimum atomic E-state index is -0.261. The molecule has 10 aromatic rings. The molecule has 14 rings (SSSR count). The summed E-state index contributed by atoms with van der Waals surface area (Å²) in [4.78, 5) is 0. The SMILES string of the molecule is COc1c2cc(C(C)(C)C)cc1Cc1cc(C(C)(C)C)cc3c1OCCNCc1ccccc1OCc1cc4cc(c1)COc1ccccc1CNCCOc1c(cc(C(C)(C)C)cc1Cc1cc(C(C)(C)C)cc(c1OC)C3)Cc1cc(C(C)(C)C)cc(c1OC)Cc1cc(C(C)(C)C)cc(c1OCCNCc1ccccc1OC4)C2. The van der Waals surface area contributed by atoms with E-state index in [9.17, 15) is 0 Å². The van der Waals surface area contributed by atoms with Gasteiger partial charge >= 0.3 is 0 Å². The summed E-state index contributed by atoms with van der Waals surface area (Å²) in [5.41, 5.74) is 24.8. The third-order valence-electron chi connectivity index (χ3n) is 23.3. The molecule has 1 aliphatic carbocycles. The molecule has 18 bridgehead atoms. The van der Waals surface area contributed by atoms with Crippen LogP contribution >= 0.6 is 0 Å². The first-order valence-corrected chi connectivity index (χ1v) is 42.4. The number of fused-ring (bicyclic) bond motifs is 15. The summed E-state index contributed by atoms with van der Waals surface area (Å²) in [6, 6.07) is 60.5. The monoisotopic (exact) mass is 1580 g/mol. The van der Waals surface area contributed by atoms with Crippen molar-refractivity contribution in [2.45, 2.75) is 235 Å². The highest BCUT2D eigenvalue weighted by Crippen LogP contribution is 2.47. The van der Waals surface area contributed by atoms with Crippen LogP contribution in [0.25, 0.3) is 0 Å².